The molecular weight excluding hydrogens is 365 g/mol. The van der Waals surface area contributed by atoms with Crippen LogP contribution >= 0.6 is 0 Å². The van der Waals surface area contributed by atoms with Gasteiger partial charge in [-0.3, -0.25) is 9.48 Å². The molecule has 148 valence electrons. The van der Waals surface area contributed by atoms with Crippen molar-refractivity contribution in [1.82, 2.24) is 14.7 Å². The van der Waals surface area contributed by atoms with Crippen molar-refractivity contribution in [3.63, 3.8) is 0 Å². The number of ether oxygens (including phenoxy) is 1. The molecule has 0 unspecified atom stereocenters. The van der Waals surface area contributed by atoms with Crippen LogP contribution in [0.1, 0.15) is 46.6 Å². The Labute approximate surface area is 161 Å². The van der Waals surface area contributed by atoms with Crippen molar-refractivity contribution in [3.05, 3.63) is 52.6 Å². The molecule has 1 fully saturated rings. The minimum Gasteiger partial charge on any atom is -0.476 e. The normalized spacial score (nSPS) is 19.3. The van der Waals surface area contributed by atoms with Gasteiger partial charge in [-0.15, -0.1) is 0 Å². The SMILES string of the molecule is O=C(O)c1nn(Cc2ccc(F)cc2)c2c1CN(C(=O)[C@@H]1CCCCO1)CC2. The second-order valence-electron chi connectivity index (χ2n) is 7.23. The molecule has 0 spiro atoms. The molecule has 28 heavy (non-hydrogen) atoms. The van der Waals surface area contributed by atoms with Gasteiger partial charge in [0, 0.05) is 37.4 Å². The van der Waals surface area contributed by atoms with Crippen LogP contribution in [0, 0.1) is 5.82 Å². The first-order valence-electron chi connectivity index (χ1n) is 9.49. The molecule has 8 heteroatoms. The van der Waals surface area contributed by atoms with E-state index >= 15 is 0 Å². The number of benzene rings is 1. The number of hydrogen-bond acceptors (Lipinski definition) is 4. The highest BCUT2D eigenvalue weighted by atomic mass is 19.1. The second kappa shape index (κ2) is 7.71. The first-order valence-corrected chi connectivity index (χ1v) is 9.49. The summed E-state index contributed by atoms with van der Waals surface area (Å²) >= 11 is 0. The molecule has 0 saturated carbocycles. The summed E-state index contributed by atoms with van der Waals surface area (Å²) in [6.45, 7) is 1.67. The maximum atomic E-state index is 13.1. The van der Waals surface area contributed by atoms with Crippen LogP contribution in [0.4, 0.5) is 4.39 Å². The molecular formula is C20H22FN3O4. The van der Waals surface area contributed by atoms with Crippen molar-refractivity contribution in [2.24, 2.45) is 0 Å². The number of hydrogen-bond donors (Lipinski definition) is 1. The summed E-state index contributed by atoms with van der Waals surface area (Å²) in [5.74, 6) is -1.51. The van der Waals surface area contributed by atoms with Gasteiger partial charge in [0.2, 0.25) is 0 Å². The average molecular weight is 387 g/mol. The van der Waals surface area contributed by atoms with Gasteiger partial charge in [-0.2, -0.15) is 5.10 Å². The molecule has 2 aliphatic heterocycles. The molecule has 7 nitrogen and oxygen atoms in total. The van der Waals surface area contributed by atoms with Crippen LogP contribution in [0.25, 0.3) is 0 Å². The van der Waals surface area contributed by atoms with Crippen LogP contribution in [0.2, 0.25) is 0 Å². The van der Waals surface area contributed by atoms with E-state index in [0.717, 1.165) is 24.1 Å². The monoisotopic (exact) mass is 387 g/mol. The lowest BCUT2D eigenvalue weighted by atomic mass is 10.0. The number of aromatic carboxylic acids is 1. The van der Waals surface area contributed by atoms with Crippen molar-refractivity contribution in [1.29, 1.82) is 0 Å². The number of nitrogens with zero attached hydrogens (tertiary/aromatic N) is 3. The third-order valence-corrected chi connectivity index (χ3v) is 5.35. The summed E-state index contributed by atoms with van der Waals surface area (Å²) in [7, 11) is 0. The lowest BCUT2D eigenvalue weighted by Gasteiger charge is -2.32. The van der Waals surface area contributed by atoms with Gasteiger partial charge in [0.15, 0.2) is 5.69 Å². The Bertz CT molecular complexity index is 888. The molecule has 3 heterocycles. The highest BCUT2D eigenvalue weighted by molar-refractivity contribution is 5.88. The van der Waals surface area contributed by atoms with E-state index in [4.69, 9.17) is 4.74 Å². The van der Waals surface area contributed by atoms with Gasteiger partial charge < -0.3 is 14.7 Å². The summed E-state index contributed by atoms with van der Waals surface area (Å²) in [6, 6.07) is 6.05. The van der Waals surface area contributed by atoms with Crippen LogP contribution in [0.15, 0.2) is 24.3 Å². The Morgan fingerprint density at radius 2 is 2.04 bits per heavy atom. The van der Waals surface area contributed by atoms with Crippen LogP contribution < -0.4 is 0 Å². The number of carbonyl (C=O) groups excluding carboxylic acids is 1. The molecule has 0 aliphatic carbocycles. The van der Waals surface area contributed by atoms with Crippen molar-refractivity contribution in [3.8, 4) is 0 Å². The van der Waals surface area contributed by atoms with Crippen LogP contribution in [0.3, 0.4) is 0 Å². The first-order chi connectivity index (χ1) is 13.5. The Balaban J connectivity index is 1.58. The fourth-order valence-electron chi connectivity index (χ4n) is 3.88. The molecule has 2 aromatic rings. The van der Waals surface area contributed by atoms with Gasteiger partial charge in [0.1, 0.15) is 11.9 Å². The van der Waals surface area contributed by atoms with Crippen molar-refractivity contribution in [2.75, 3.05) is 13.2 Å². The van der Waals surface area contributed by atoms with E-state index in [1.807, 2.05) is 0 Å². The average Bonchev–Trinajstić information content (AvgIpc) is 3.08. The van der Waals surface area contributed by atoms with E-state index < -0.39 is 12.1 Å². The first kappa shape index (κ1) is 18.6. The maximum absolute atomic E-state index is 13.1. The maximum Gasteiger partial charge on any atom is 0.356 e. The molecule has 1 saturated heterocycles. The number of rotatable bonds is 4. The van der Waals surface area contributed by atoms with Crippen molar-refractivity contribution < 1.29 is 23.8 Å². The minimum absolute atomic E-state index is 0.0285. The van der Waals surface area contributed by atoms with E-state index in [2.05, 4.69) is 5.10 Å². The highest BCUT2D eigenvalue weighted by Gasteiger charge is 2.33. The van der Waals surface area contributed by atoms with Crippen molar-refractivity contribution >= 4 is 11.9 Å². The lowest BCUT2D eigenvalue weighted by Crippen LogP contribution is -2.44. The van der Waals surface area contributed by atoms with Gasteiger partial charge in [-0.25, -0.2) is 9.18 Å². The zero-order valence-electron chi connectivity index (χ0n) is 15.4. The number of carboxylic acids is 1. The predicted molar refractivity (Wildman–Crippen MR) is 97.4 cm³/mol. The van der Waals surface area contributed by atoms with Crippen molar-refractivity contribution in [2.45, 2.75) is 44.9 Å². The number of fused-ring (bicyclic) bond motifs is 1. The Morgan fingerprint density at radius 3 is 2.71 bits per heavy atom. The fourth-order valence-corrected chi connectivity index (χ4v) is 3.88. The molecule has 1 aromatic heterocycles. The highest BCUT2D eigenvalue weighted by Crippen LogP contribution is 2.26. The molecule has 1 atom stereocenters. The third-order valence-electron chi connectivity index (χ3n) is 5.35. The molecule has 0 radical (unpaired) electrons. The van der Waals surface area contributed by atoms with Gasteiger partial charge in [-0.05, 0) is 37.0 Å². The van der Waals surface area contributed by atoms with Crippen LogP contribution in [-0.2, 0) is 29.0 Å². The van der Waals surface area contributed by atoms with E-state index in [-0.39, 0.29) is 24.0 Å². The number of aromatic nitrogens is 2. The number of amides is 1. The summed E-state index contributed by atoms with van der Waals surface area (Å²) in [5.41, 5.74) is 2.19. The Morgan fingerprint density at radius 1 is 1.25 bits per heavy atom. The van der Waals surface area contributed by atoms with Gasteiger partial charge in [-0.1, -0.05) is 12.1 Å². The third kappa shape index (κ3) is 3.64. The van der Waals surface area contributed by atoms with E-state index in [0.29, 0.717) is 38.1 Å². The number of carbonyl (C=O) groups is 2. The minimum atomic E-state index is -1.11. The van der Waals surface area contributed by atoms with Gasteiger partial charge in [0.25, 0.3) is 5.91 Å². The van der Waals surface area contributed by atoms with E-state index in [1.165, 1.54) is 12.1 Å². The molecule has 1 amide bonds. The van der Waals surface area contributed by atoms with E-state index in [9.17, 15) is 19.1 Å². The number of carboxylic acid groups (broad SMARTS) is 1. The quantitative estimate of drug-likeness (QED) is 0.870. The fraction of sp³-hybridized carbons (Fsp3) is 0.450. The van der Waals surface area contributed by atoms with Crippen LogP contribution in [-0.4, -0.2) is 50.9 Å². The Hall–Kier alpha value is -2.74. The molecule has 1 N–H and O–H groups in total. The largest absolute Gasteiger partial charge is 0.476 e. The summed E-state index contributed by atoms with van der Waals surface area (Å²) in [4.78, 5) is 26.1. The zero-order chi connectivity index (χ0) is 19.7. The van der Waals surface area contributed by atoms with Gasteiger partial charge in [0.05, 0.1) is 6.54 Å². The Kier molecular flexibility index (Phi) is 5.13. The molecule has 0 bridgehead atoms. The smallest absolute Gasteiger partial charge is 0.356 e. The number of halogens is 1. The zero-order valence-corrected chi connectivity index (χ0v) is 15.4. The van der Waals surface area contributed by atoms with Crippen LogP contribution in [0.5, 0.6) is 0 Å². The van der Waals surface area contributed by atoms with E-state index in [1.54, 1.807) is 21.7 Å². The molecule has 2 aliphatic rings. The predicted octanol–water partition coefficient (Wildman–Crippen LogP) is 2.22. The molecule has 1 aromatic carbocycles. The standard InChI is InChI=1S/C20H22FN3O4/c21-14-6-4-13(5-7-14)11-24-16-8-9-23(12-15(16)18(22-24)20(26)27)19(25)17-3-1-2-10-28-17/h4-7,17H,1-3,8-12H2,(H,26,27)/t17-/m0/s1. The summed E-state index contributed by atoms with van der Waals surface area (Å²) in [5, 5.41) is 13.8. The molecule has 4 rings (SSSR count). The topological polar surface area (TPSA) is 84.7 Å². The summed E-state index contributed by atoms with van der Waals surface area (Å²) < 4.78 is 20.4. The van der Waals surface area contributed by atoms with Gasteiger partial charge >= 0.3 is 5.97 Å². The summed E-state index contributed by atoms with van der Waals surface area (Å²) in [6.07, 6.45) is 2.73. The lowest BCUT2D eigenvalue weighted by molar-refractivity contribution is -0.147. The second-order valence-corrected chi connectivity index (χ2v) is 7.23.